The third-order valence-corrected chi connectivity index (χ3v) is 0. The van der Waals surface area contributed by atoms with Crippen LogP contribution in [0.4, 0.5) is 4.79 Å². The molecular formula is CH10AlNaO5. The maximum absolute atomic E-state index is 8.56. The SMILES string of the molecule is O.O.O=C(O)O.[AlH3].[H-].[Na+]. The number of hydrogen-bond donors (Lipinski definition) is 2. The van der Waals surface area contributed by atoms with Crippen molar-refractivity contribution in [3.05, 3.63) is 0 Å². The molecule has 0 aromatic rings. The van der Waals surface area contributed by atoms with Crippen molar-refractivity contribution in [2.75, 3.05) is 0 Å². The van der Waals surface area contributed by atoms with Crippen LogP contribution in [-0.4, -0.2) is 44.7 Å². The maximum atomic E-state index is 8.56. The van der Waals surface area contributed by atoms with Gasteiger partial charge in [0.1, 0.15) is 0 Å². The van der Waals surface area contributed by atoms with Crippen LogP contribution in [0.25, 0.3) is 0 Å². The predicted octanol–water partition coefficient (Wildman–Crippen LogP) is -5.49. The standard InChI is InChI=1S/CH2O3.Al.Na.2H2O.4H/c2-1(3)4;;;;;;;;/h(H2,2,3,4);;;2*1H2;;;;/q;;+1;;;;;;-1. The Morgan fingerprint density at radius 2 is 1.25 bits per heavy atom. The van der Waals surface area contributed by atoms with Crippen LogP contribution in [0.1, 0.15) is 1.43 Å². The summed E-state index contributed by atoms with van der Waals surface area (Å²) in [6.45, 7) is 0. The van der Waals surface area contributed by atoms with Gasteiger partial charge >= 0.3 is 35.7 Å². The predicted molar refractivity (Wildman–Crippen MR) is 28.9 cm³/mol. The van der Waals surface area contributed by atoms with E-state index in [9.17, 15) is 0 Å². The van der Waals surface area contributed by atoms with Crippen LogP contribution in [0.5, 0.6) is 0 Å². The van der Waals surface area contributed by atoms with E-state index in [1.807, 2.05) is 0 Å². The summed E-state index contributed by atoms with van der Waals surface area (Å²) in [5.41, 5.74) is 0. The van der Waals surface area contributed by atoms with Gasteiger partial charge in [0.25, 0.3) is 0 Å². The molecule has 0 aliphatic rings. The molecule has 0 rings (SSSR count). The Bertz CT molecular complexity index is 39.9. The molecule has 0 atom stereocenters. The van der Waals surface area contributed by atoms with E-state index in [-0.39, 0.29) is 59.3 Å². The summed E-state index contributed by atoms with van der Waals surface area (Å²) in [4.78, 5) is 8.56. The van der Waals surface area contributed by atoms with Gasteiger partial charge < -0.3 is 22.6 Å². The molecule has 0 radical (unpaired) electrons. The quantitative estimate of drug-likeness (QED) is 0.337. The maximum Gasteiger partial charge on any atom is 1.00 e. The Hall–Kier alpha value is 0.722. The third kappa shape index (κ3) is 422. The average Bonchev–Trinajstić information content (AvgIpc) is 0.811. The van der Waals surface area contributed by atoms with Gasteiger partial charge in [0.05, 0.1) is 0 Å². The van der Waals surface area contributed by atoms with Crippen molar-refractivity contribution in [2.24, 2.45) is 0 Å². The van der Waals surface area contributed by atoms with Crippen LogP contribution in [0.2, 0.25) is 0 Å². The summed E-state index contributed by atoms with van der Waals surface area (Å²) in [5.74, 6) is 0. The van der Waals surface area contributed by atoms with Gasteiger partial charge in [-0.1, -0.05) is 0 Å². The van der Waals surface area contributed by atoms with Gasteiger partial charge in [-0.3, -0.25) is 0 Å². The topological polar surface area (TPSA) is 121 Å². The minimum Gasteiger partial charge on any atom is -1.00 e. The first-order chi connectivity index (χ1) is 1.73. The Morgan fingerprint density at radius 1 is 1.25 bits per heavy atom. The van der Waals surface area contributed by atoms with Crippen LogP contribution in [0.15, 0.2) is 0 Å². The molecule has 0 fully saturated rings. The molecule has 7 heteroatoms. The minimum absolute atomic E-state index is 0. The Labute approximate surface area is 80.2 Å². The summed E-state index contributed by atoms with van der Waals surface area (Å²) in [7, 11) is 0. The largest absolute Gasteiger partial charge is 1.00 e. The van der Waals surface area contributed by atoms with Crippen molar-refractivity contribution in [1.29, 1.82) is 0 Å². The molecule has 0 spiro atoms. The Kier molecular flexibility index (Phi) is 118. The fourth-order valence-corrected chi connectivity index (χ4v) is 0. The normalized spacial score (nSPS) is 3.00. The number of rotatable bonds is 0. The van der Waals surface area contributed by atoms with E-state index < -0.39 is 6.16 Å². The first-order valence-corrected chi connectivity index (χ1v) is 0.651. The zero-order valence-corrected chi connectivity index (χ0v) is 5.80. The first-order valence-electron chi connectivity index (χ1n) is 0.651. The molecule has 0 heterocycles. The van der Waals surface area contributed by atoms with Crippen molar-refractivity contribution in [3.63, 3.8) is 0 Å². The fourth-order valence-electron chi connectivity index (χ4n) is 0. The molecule has 0 unspecified atom stereocenters. The second-order valence-corrected chi connectivity index (χ2v) is 0.283. The molecule has 0 aromatic heterocycles. The number of hydrogen-bond acceptors (Lipinski definition) is 1. The first kappa shape index (κ1) is 37.5. The molecule has 0 saturated heterocycles. The van der Waals surface area contributed by atoms with Gasteiger partial charge in [0, 0.05) is 0 Å². The van der Waals surface area contributed by atoms with Gasteiger partial charge in [-0.05, 0) is 0 Å². The number of carbonyl (C=O) groups is 1. The van der Waals surface area contributed by atoms with Crippen molar-refractivity contribution in [1.82, 2.24) is 0 Å². The monoisotopic (exact) mass is 152 g/mol. The van der Waals surface area contributed by atoms with Crippen molar-refractivity contribution < 1.29 is 56.9 Å². The Balaban J connectivity index is -0.00000000450. The third-order valence-electron chi connectivity index (χ3n) is 0. The van der Waals surface area contributed by atoms with E-state index in [0.717, 1.165) is 0 Å². The van der Waals surface area contributed by atoms with E-state index in [1.165, 1.54) is 0 Å². The van der Waals surface area contributed by atoms with Crippen molar-refractivity contribution in [2.45, 2.75) is 0 Å². The average molecular weight is 152 g/mol. The number of carboxylic acid groups (broad SMARTS) is 2. The molecule has 0 aliphatic carbocycles. The van der Waals surface area contributed by atoms with E-state index in [1.54, 1.807) is 0 Å². The summed E-state index contributed by atoms with van der Waals surface area (Å²) in [6.07, 6.45) is -1.83. The van der Waals surface area contributed by atoms with Crippen LogP contribution in [-0.2, 0) is 0 Å². The summed E-state index contributed by atoms with van der Waals surface area (Å²) < 4.78 is 0. The second-order valence-electron chi connectivity index (χ2n) is 0.283. The van der Waals surface area contributed by atoms with E-state index in [2.05, 4.69) is 0 Å². The van der Waals surface area contributed by atoms with Gasteiger partial charge in [-0.15, -0.1) is 0 Å². The molecule has 6 N–H and O–H groups in total. The molecule has 0 saturated carbocycles. The van der Waals surface area contributed by atoms with E-state index in [4.69, 9.17) is 15.0 Å². The zero-order valence-electron chi connectivity index (χ0n) is 4.80. The molecule has 0 aromatic carbocycles. The van der Waals surface area contributed by atoms with Gasteiger partial charge in [-0.25, -0.2) is 4.79 Å². The molecular weight excluding hydrogens is 142 g/mol. The summed E-state index contributed by atoms with van der Waals surface area (Å²) >= 11 is 0. The van der Waals surface area contributed by atoms with Gasteiger partial charge in [0.2, 0.25) is 0 Å². The molecule has 0 aliphatic heterocycles. The second kappa shape index (κ2) is 25.2. The zero-order chi connectivity index (χ0) is 3.58. The molecule has 5 nitrogen and oxygen atoms in total. The smallest absolute Gasteiger partial charge is 1.00 e. The summed E-state index contributed by atoms with van der Waals surface area (Å²) in [6, 6.07) is 0. The van der Waals surface area contributed by atoms with Crippen molar-refractivity contribution in [3.8, 4) is 0 Å². The summed E-state index contributed by atoms with van der Waals surface area (Å²) in [5, 5.41) is 13.9. The molecule has 8 heavy (non-hydrogen) atoms. The molecule has 48 valence electrons. The van der Waals surface area contributed by atoms with Gasteiger partial charge in [-0.2, -0.15) is 0 Å². The molecule has 0 amide bonds. The van der Waals surface area contributed by atoms with Crippen molar-refractivity contribution >= 4 is 23.5 Å². The fraction of sp³-hybridized carbons (Fsp3) is 0. The van der Waals surface area contributed by atoms with Gasteiger partial charge in [0.15, 0.2) is 17.4 Å². The van der Waals surface area contributed by atoms with Crippen LogP contribution < -0.4 is 29.6 Å². The van der Waals surface area contributed by atoms with Crippen LogP contribution in [0.3, 0.4) is 0 Å². The van der Waals surface area contributed by atoms with Crippen LogP contribution in [0, 0.1) is 0 Å². The van der Waals surface area contributed by atoms with E-state index >= 15 is 0 Å². The van der Waals surface area contributed by atoms with Crippen LogP contribution >= 0.6 is 0 Å². The molecule has 0 bridgehead atoms. The Morgan fingerprint density at radius 3 is 1.25 bits per heavy atom. The van der Waals surface area contributed by atoms with E-state index in [0.29, 0.717) is 0 Å². The minimum atomic E-state index is -1.83.